The highest BCUT2D eigenvalue weighted by atomic mass is 32.2. The van der Waals surface area contributed by atoms with E-state index in [4.69, 9.17) is 4.74 Å². The first-order valence-corrected chi connectivity index (χ1v) is 11.4. The van der Waals surface area contributed by atoms with E-state index in [1.165, 1.54) is 11.1 Å². The fourth-order valence-corrected chi connectivity index (χ4v) is 4.65. The molecule has 1 aliphatic heterocycles. The third kappa shape index (κ3) is 4.85. The minimum Gasteiger partial charge on any atom is -0.494 e. The van der Waals surface area contributed by atoms with Crippen molar-refractivity contribution in [3.63, 3.8) is 0 Å². The van der Waals surface area contributed by atoms with Gasteiger partial charge in [-0.15, -0.1) is 11.8 Å². The van der Waals surface area contributed by atoms with Gasteiger partial charge in [-0.1, -0.05) is 18.2 Å². The van der Waals surface area contributed by atoms with Crippen LogP contribution in [-0.4, -0.2) is 28.9 Å². The third-order valence-electron chi connectivity index (χ3n) is 5.32. The van der Waals surface area contributed by atoms with Crippen molar-refractivity contribution in [3.05, 3.63) is 89.7 Å². The number of nitrogens with zero attached hydrogens (tertiary/aromatic N) is 2. The number of ether oxygens (including phenoxy) is 1. The molecule has 0 aliphatic carbocycles. The van der Waals surface area contributed by atoms with Gasteiger partial charge in [0.05, 0.1) is 12.6 Å². The molecule has 30 heavy (non-hydrogen) atoms. The molecule has 2 aromatic carbocycles. The van der Waals surface area contributed by atoms with Crippen LogP contribution in [0.25, 0.3) is 0 Å². The van der Waals surface area contributed by atoms with Crippen molar-refractivity contribution in [2.24, 2.45) is 0 Å². The number of hydrogen-bond acceptors (Lipinski definition) is 4. The average Bonchev–Trinajstić information content (AvgIpc) is 3.29. The molecule has 154 valence electrons. The van der Waals surface area contributed by atoms with Gasteiger partial charge in [0.15, 0.2) is 0 Å². The smallest absolute Gasteiger partial charge is 0.254 e. The van der Waals surface area contributed by atoms with Gasteiger partial charge in [-0.2, -0.15) is 0 Å². The summed E-state index contributed by atoms with van der Waals surface area (Å²) in [6.45, 7) is 3.44. The number of likely N-dealkylation sites (tertiary alicyclic amines) is 1. The molecule has 1 saturated heterocycles. The van der Waals surface area contributed by atoms with Gasteiger partial charge in [0.25, 0.3) is 5.91 Å². The summed E-state index contributed by atoms with van der Waals surface area (Å²) in [7, 11) is 0. The Morgan fingerprint density at radius 2 is 1.93 bits per heavy atom. The second-order valence-corrected chi connectivity index (χ2v) is 8.38. The van der Waals surface area contributed by atoms with Crippen LogP contribution in [0.4, 0.5) is 0 Å². The number of rotatable bonds is 7. The summed E-state index contributed by atoms with van der Waals surface area (Å²) in [5.41, 5.74) is 3.12. The molecular formula is C25H26N2O2S. The lowest BCUT2D eigenvalue weighted by Crippen LogP contribution is -2.30. The Bertz CT molecular complexity index is 959. The minimum atomic E-state index is 0.107. The van der Waals surface area contributed by atoms with E-state index < -0.39 is 0 Å². The molecule has 3 aromatic rings. The van der Waals surface area contributed by atoms with Gasteiger partial charge < -0.3 is 9.64 Å². The van der Waals surface area contributed by atoms with E-state index in [0.29, 0.717) is 6.61 Å². The van der Waals surface area contributed by atoms with Crippen LogP contribution in [0.2, 0.25) is 0 Å². The number of thioether (sulfide) groups is 1. The van der Waals surface area contributed by atoms with Gasteiger partial charge in [-0.3, -0.25) is 9.78 Å². The van der Waals surface area contributed by atoms with E-state index in [1.807, 2.05) is 60.5 Å². The maximum atomic E-state index is 13.2. The maximum absolute atomic E-state index is 13.2. The molecule has 1 unspecified atom stereocenters. The first-order chi connectivity index (χ1) is 14.7. The molecule has 4 nitrogen and oxygen atoms in total. The summed E-state index contributed by atoms with van der Waals surface area (Å²) in [6, 6.07) is 20.3. The lowest BCUT2D eigenvalue weighted by atomic mass is 10.0. The third-order valence-corrected chi connectivity index (χ3v) is 6.40. The molecule has 0 spiro atoms. The van der Waals surface area contributed by atoms with Crippen molar-refractivity contribution >= 4 is 17.7 Å². The summed E-state index contributed by atoms with van der Waals surface area (Å²) < 4.78 is 5.54. The molecule has 0 N–H and O–H groups in total. The number of benzene rings is 2. The van der Waals surface area contributed by atoms with Crippen LogP contribution in [0.5, 0.6) is 5.75 Å². The highest BCUT2D eigenvalue weighted by Gasteiger charge is 2.30. The van der Waals surface area contributed by atoms with Crippen LogP contribution < -0.4 is 4.74 Å². The zero-order valence-corrected chi connectivity index (χ0v) is 18.0. The molecule has 2 heterocycles. The van der Waals surface area contributed by atoms with Crippen LogP contribution in [-0.2, 0) is 5.75 Å². The average molecular weight is 419 g/mol. The summed E-state index contributed by atoms with van der Waals surface area (Å²) in [4.78, 5) is 20.5. The molecular weight excluding hydrogens is 392 g/mol. The van der Waals surface area contributed by atoms with Gasteiger partial charge in [-0.05, 0) is 73.4 Å². The molecule has 1 aromatic heterocycles. The summed E-state index contributed by atoms with van der Waals surface area (Å²) in [5, 5.41) is 0. The Morgan fingerprint density at radius 3 is 2.63 bits per heavy atom. The van der Waals surface area contributed by atoms with Crippen molar-refractivity contribution < 1.29 is 9.53 Å². The van der Waals surface area contributed by atoms with Crippen LogP contribution in [0.1, 0.15) is 47.3 Å². The van der Waals surface area contributed by atoms with Crippen molar-refractivity contribution in [1.82, 2.24) is 9.88 Å². The summed E-state index contributed by atoms with van der Waals surface area (Å²) in [6.07, 6.45) is 5.70. The molecule has 5 heteroatoms. The summed E-state index contributed by atoms with van der Waals surface area (Å²) >= 11 is 1.75. The highest BCUT2D eigenvalue weighted by molar-refractivity contribution is 7.98. The van der Waals surface area contributed by atoms with Gasteiger partial charge >= 0.3 is 0 Å². The van der Waals surface area contributed by atoms with Crippen LogP contribution in [0.3, 0.4) is 0 Å². The maximum Gasteiger partial charge on any atom is 0.254 e. The van der Waals surface area contributed by atoms with Gasteiger partial charge in [0, 0.05) is 35.2 Å². The number of amides is 1. The first kappa shape index (κ1) is 20.5. The zero-order valence-electron chi connectivity index (χ0n) is 17.2. The van der Waals surface area contributed by atoms with Crippen LogP contribution in [0, 0.1) is 0 Å². The van der Waals surface area contributed by atoms with Crippen molar-refractivity contribution in [2.75, 3.05) is 13.2 Å². The predicted octanol–water partition coefficient (Wildman–Crippen LogP) is 5.75. The van der Waals surface area contributed by atoms with E-state index in [-0.39, 0.29) is 11.9 Å². The molecule has 4 rings (SSSR count). The topological polar surface area (TPSA) is 42.4 Å². The lowest BCUT2D eigenvalue weighted by molar-refractivity contribution is 0.0735. The number of carbonyl (C=O) groups excluding carboxylic acids is 1. The van der Waals surface area contributed by atoms with E-state index >= 15 is 0 Å². The fraction of sp³-hybridized carbons (Fsp3) is 0.280. The predicted molar refractivity (Wildman–Crippen MR) is 121 cm³/mol. The Labute approximate surface area is 182 Å². The molecule has 1 amide bonds. The van der Waals surface area contributed by atoms with E-state index in [9.17, 15) is 4.79 Å². The second-order valence-electron chi connectivity index (χ2n) is 7.33. The quantitative estimate of drug-likeness (QED) is 0.458. The van der Waals surface area contributed by atoms with Gasteiger partial charge in [0.1, 0.15) is 5.75 Å². The van der Waals surface area contributed by atoms with Crippen LogP contribution in [0.15, 0.2) is 78.0 Å². The normalized spacial score (nSPS) is 15.9. The Hall–Kier alpha value is -2.79. The molecule has 1 aliphatic rings. The zero-order chi connectivity index (χ0) is 20.8. The van der Waals surface area contributed by atoms with Crippen molar-refractivity contribution in [3.8, 4) is 5.75 Å². The van der Waals surface area contributed by atoms with E-state index in [0.717, 1.165) is 41.3 Å². The Kier molecular flexibility index (Phi) is 6.70. The molecule has 0 saturated carbocycles. The van der Waals surface area contributed by atoms with Gasteiger partial charge in [0.2, 0.25) is 0 Å². The Balaban J connectivity index is 1.41. The minimum absolute atomic E-state index is 0.107. The number of aromatic nitrogens is 1. The number of pyridine rings is 1. The summed E-state index contributed by atoms with van der Waals surface area (Å²) in [5.74, 6) is 1.85. The molecule has 1 fully saturated rings. The van der Waals surface area contributed by atoms with Crippen LogP contribution >= 0.6 is 11.8 Å². The monoisotopic (exact) mass is 418 g/mol. The van der Waals surface area contributed by atoms with Gasteiger partial charge in [-0.25, -0.2) is 0 Å². The largest absolute Gasteiger partial charge is 0.494 e. The van der Waals surface area contributed by atoms with E-state index in [2.05, 4.69) is 23.2 Å². The number of hydrogen-bond donors (Lipinski definition) is 0. The lowest BCUT2D eigenvalue weighted by Gasteiger charge is -2.25. The Morgan fingerprint density at radius 1 is 1.13 bits per heavy atom. The molecule has 0 radical (unpaired) electrons. The number of carbonyl (C=O) groups is 1. The highest BCUT2D eigenvalue weighted by Crippen LogP contribution is 2.34. The molecule has 0 bridgehead atoms. The van der Waals surface area contributed by atoms with Crippen molar-refractivity contribution in [2.45, 2.75) is 36.5 Å². The standard InChI is InChI=1S/C25H26N2O2S/c1-2-29-22-11-7-20(8-12-22)24-6-4-16-27(24)25(28)21-9-13-23(14-10-21)30-18-19-5-3-15-26-17-19/h3,5,7-15,17,24H,2,4,6,16,18H2,1H3. The SMILES string of the molecule is CCOc1ccc(C2CCCN2C(=O)c2ccc(SCc3cccnc3)cc2)cc1. The molecule has 1 atom stereocenters. The first-order valence-electron chi connectivity index (χ1n) is 10.4. The van der Waals surface area contributed by atoms with E-state index in [1.54, 1.807) is 18.0 Å². The second kappa shape index (κ2) is 9.81. The van der Waals surface area contributed by atoms with Crippen molar-refractivity contribution in [1.29, 1.82) is 0 Å². The fourth-order valence-electron chi connectivity index (χ4n) is 3.82.